The molecule has 7 heavy (non-hydrogen) atoms. The van der Waals surface area contributed by atoms with E-state index in [1.165, 1.54) is 0 Å². The molecule has 0 saturated carbocycles. The maximum absolute atomic E-state index is 10.1. The van der Waals surface area contributed by atoms with E-state index in [-0.39, 0.29) is 29.6 Å². The standard InChI is InChI=1S/C4H7O2.Na/c5-4-2-1-3-6-4;/h4H,1-3H2;/q-1;+1. The van der Waals surface area contributed by atoms with Crippen LogP contribution in [0.3, 0.4) is 0 Å². The van der Waals surface area contributed by atoms with Crippen LogP contribution in [0.25, 0.3) is 0 Å². The van der Waals surface area contributed by atoms with Gasteiger partial charge in [0.25, 0.3) is 0 Å². The molecule has 1 saturated heterocycles. The average molecular weight is 110 g/mol. The van der Waals surface area contributed by atoms with Crippen molar-refractivity contribution in [2.75, 3.05) is 6.61 Å². The van der Waals surface area contributed by atoms with Gasteiger partial charge >= 0.3 is 29.6 Å². The fraction of sp³-hybridized carbons (Fsp3) is 1.00. The van der Waals surface area contributed by atoms with Crippen molar-refractivity contribution in [1.29, 1.82) is 0 Å². The van der Waals surface area contributed by atoms with Crippen molar-refractivity contribution in [3.63, 3.8) is 0 Å². The maximum atomic E-state index is 10.1. The van der Waals surface area contributed by atoms with Gasteiger partial charge in [-0.2, -0.15) is 0 Å². The molecule has 1 unspecified atom stereocenters. The summed E-state index contributed by atoms with van der Waals surface area (Å²) in [7, 11) is 0. The SMILES string of the molecule is [Na+].[O-]C1CCCO1. The van der Waals surface area contributed by atoms with Gasteiger partial charge in [0.2, 0.25) is 0 Å². The van der Waals surface area contributed by atoms with E-state index in [0.717, 1.165) is 6.42 Å². The van der Waals surface area contributed by atoms with Crippen LogP contribution in [0.5, 0.6) is 0 Å². The van der Waals surface area contributed by atoms with Gasteiger partial charge in [0.15, 0.2) is 0 Å². The summed E-state index contributed by atoms with van der Waals surface area (Å²) < 4.78 is 4.60. The molecule has 0 aromatic heterocycles. The van der Waals surface area contributed by atoms with Gasteiger partial charge < -0.3 is 9.84 Å². The molecule has 0 bridgehead atoms. The van der Waals surface area contributed by atoms with Crippen molar-refractivity contribution < 1.29 is 39.4 Å². The topological polar surface area (TPSA) is 32.3 Å². The van der Waals surface area contributed by atoms with Crippen LogP contribution in [0.4, 0.5) is 0 Å². The zero-order valence-corrected chi connectivity index (χ0v) is 6.52. The molecule has 1 heterocycles. The molecule has 3 heteroatoms. The summed E-state index contributed by atoms with van der Waals surface area (Å²) in [6, 6.07) is 0. The van der Waals surface area contributed by atoms with Gasteiger partial charge in [0, 0.05) is 6.61 Å². The monoisotopic (exact) mass is 110 g/mol. The van der Waals surface area contributed by atoms with Crippen molar-refractivity contribution >= 4 is 0 Å². The zero-order valence-electron chi connectivity index (χ0n) is 4.52. The molecule has 0 aliphatic carbocycles. The van der Waals surface area contributed by atoms with Crippen LogP contribution in [0, 0.1) is 0 Å². The van der Waals surface area contributed by atoms with Gasteiger partial charge in [-0.1, -0.05) is 0 Å². The summed E-state index contributed by atoms with van der Waals surface area (Å²) in [5, 5.41) is 10.1. The molecule has 2 nitrogen and oxygen atoms in total. The van der Waals surface area contributed by atoms with Gasteiger partial charge in [-0.25, -0.2) is 0 Å². The summed E-state index contributed by atoms with van der Waals surface area (Å²) in [5.41, 5.74) is 0. The molecule has 1 aliphatic rings. The molecule has 1 aliphatic heterocycles. The Morgan fingerprint density at radius 2 is 2.29 bits per heavy atom. The van der Waals surface area contributed by atoms with Gasteiger partial charge in [-0.05, 0) is 19.1 Å². The second kappa shape index (κ2) is 3.87. The summed E-state index contributed by atoms with van der Waals surface area (Å²) >= 11 is 0. The second-order valence-electron chi connectivity index (χ2n) is 1.44. The molecule has 1 rings (SSSR count). The average Bonchev–Trinajstić information content (AvgIpc) is 1.86. The molecule has 0 aromatic rings. The minimum absolute atomic E-state index is 0. The Morgan fingerprint density at radius 1 is 1.57 bits per heavy atom. The second-order valence-corrected chi connectivity index (χ2v) is 1.44. The number of ether oxygens (including phenoxy) is 1. The predicted molar refractivity (Wildman–Crippen MR) is 19.0 cm³/mol. The van der Waals surface area contributed by atoms with E-state index < -0.39 is 6.29 Å². The third-order valence-electron chi connectivity index (χ3n) is 0.888. The largest absolute Gasteiger partial charge is 1.00 e. The summed E-state index contributed by atoms with van der Waals surface area (Å²) in [5.74, 6) is 0. The van der Waals surface area contributed by atoms with Crippen molar-refractivity contribution in [3.8, 4) is 0 Å². The van der Waals surface area contributed by atoms with Gasteiger partial charge in [0.1, 0.15) is 0 Å². The zero-order chi connectivity index (χ0) is 4.41. The smallest absolute Gasteiger partial charge is 0.831 e. The van der Waals surface area contributed by atoms with E-state index in [1.54, 1.807) is 0 Å². The predicted octanol–water partition coefficient (Wildman–Crippen LogP) is -3.51. The van der Waals surface area contributed by atoms with Crippen LogP contribution in [-0.2, 0) is 4.74 Å². The fourth-order valence-electron chi connectivity index (χ4n) is 0.548. The van der Waals surface area contributed by atoms with Crippen molar-refractivity contribution in [3.05, 3.63) is 0 Å². The Kier molecular flexibility index (Phi) is 4.37. The molecule has 0 aromatic carbocycles. The number of hydrogen-bond acceptors (Lipinski definition) is 2. The van der Waals surface area contributed by atoms with Crippen molar-refractivity contribution in [2.24, 2.45) is 0 Å². The van der Waals surface area contributed by atoms with Crippen LogP contribution in [0.2, 0.25) is 0 Å². The van der Waals surface area contributed by atoms with E-state index in [9.17, 15) is 5.11 Å². The molecule has 1 fully saturated rings. The number of rotatable bonds is 0. The van der Waals surface area contributed by atoms with Gasteiger partial charge in [0.05, 0.1) is 0 Å². The van der Waals surface area contributed by atoms with Crippen molar-refractivity contribution in [2.45, 2.75) is 19.1 Å². The molecule has 0 N–H and O–H groups in total. The number of hydrogen-bond donors (Lipinski definition) is 0. The third-order valence-corrected chi connectivity index (χ3v) is 0.888. The van der Waals surface area contributed by atoms with Crippen LogP contribution in [-0.4, -0.2) is 12.9 Å². The van der Waals surface area contributed by atoms with E-state index in [2.05, 4.69) is 4.74 Å². The fourth-order valence-corrected chi connectivity index (χ4v) is 0.548. The molecule has 1 atom stereocenters. The van der Waals surface area contributed by atoms with Gasteiger partial charge in [-0.3, -0.25) is 0 Å². The molecular weight excluding hydrogens is 103 g/mol. The first-order valence-electron chi connectivity index (χ1n) is 2.17. The minimum atomic E-state index is -0.704. The Labute approximate surface area is 65.1 Å². The maximum Gasteiger partial charge on any atom is 1.00 e. The van der Waals surface area contributed by atoms with Gasteiger partial charge in [-0.15, -0.1) is 0 Å². The summed E-state index contributed by atoms with van der Waals surface area (Å²) in [4.78, 5) is 0. The summed E-state index contributed by atoms with van der Waals surface area (Å²) in [6.45, 7) is 0.675. The quantitative estimate of drug-likeness (QED) is 0.303. The Balaban J connectivity index is 0.000000360. The Hall–Kier alpha value is 0.920. The first-order valence-corrected chi connectivity index (χ1v) is 2.17. The first-order chi connectivity index (χ1) is 2.89. The van der Waals surface area contributed by atoms with Crippen LogP contribution >= 0.6 is 0 Å². The summed E-state index contributed by atoms with van der Waals surface area (Å²) in [6.07, 6.45) is 0.957. The molecule has 0 spiro atoms. The molecular formula is C4H7NaO2. The van der Waals surface area contributed by atoms with E-state index in [0.29, 0.717) is 13.0 Å². The van der Waals surface area contributed by atoms with Crippen LogP contribution < -0.4 is 34.7 Å². The van der Waals surface area contributed by atoms with Crippen LogP contribution in [0.15, 0.2) is 0 Å². The third kappa shape index (κ3) is 2.67. The van der Waals surface area contributed by atoms with E-state index in [1.807, 2.05) is 0 Å². The Morgan fingerprint density at radius 3 is 2.43 bits per heavy atom. The normalized spacial score (nSPS) is 29.6. The van der Waals surface area contributed by atoms with Crippen molar-refractivity contribution in [1.82, 2.24) is 0 Å². The molecule has 0 radical (unpaired) electrons. The molecule has 0 amide bonds. The first kappa shape index (κ1) is 7.92. The van der Waals surface area contributed by atoms with E-state index in [4.69, 9.17) is 0 Å². The Bertz CT molecular complexity index is 43.0. The molecule has 36 valence electrons. The van der Waals surface area contributed by atoms with E-state index >= 15 is 0 Å². The minimum Gasteiger partial charge on any atom is -0.831 e. The van der Waals surface area contributed by atoms with Crippen LogP contribution in [0.1, 0.15) is 12.8 Å².